The Kier molecular flexibility index (Phi) is 7.46. The Morgan fingerprint density at radius 1 is 1.05 bits per heavy atom. The molecule has 1 N–H and O–H groups in total. The molecule has 0 fully saturated rings. The molecule has 0 aliphatic heterocycles. The molecule has 0 amide bonds. The molecular weight excluding hydrogens is 315 g/mol. The second kappa shape index (κ2) is 8.33. The van der Waals surface area contributed by atoms with E-state index in [9.17, 15) is 0 Å². The van der Waals surface area contributed by atoms with Crippen LogP contribution in [0.5, 0.6) is 0 Å². The molecule has 1 rings (SSSR count). The number of halogens is 3. The van der Waals surface area contributed by atoms with E-state index in [1.54, 1.807) is 0 Å². The van der Waals surface area contributed by atoms with Gasteiger partial charge in [0.25, 0.3) is 0 Å². The van der Waals surface area contributed by atoms with Gasteiger partial charge in [0.05, 0.1) is 6.04 Å². The molecule has 114 valence electrons. The van der Waals surface area contributed by atoms with E-state index in [4.69, 9.17) is 34.8 Å². The van der Waals surface area contributed by atoms with Crippen molar-refractivity contribution in [3.63, 3.8) is 0 Å². The highest BCUT2D eigenvalue weighted by Gasteiger charge is 2.33. The molecule has 0 aliphatic carbocycles. The van der Waals surface area contributed by atoms with Crippen LogP contribution >= 0.6 is 34.8 Å². The summed E-state index contributed by atoms with van der Waals surface area (Å²) in [5, 5.41) is 3.29. The lowest BCUT2D eigenvalue weighted by Gasteiger charge is -2.27. The van der Waals surface area contributed by atoms with Crippen molar-refractivity contribution in [2.45, 2.75) is 37.0 Å². The number of nitrogens with zero attached hydrogens (tertiary/aromatic N) is 1. The van der Waals surface area contributed by atoms with E-state index in [0.717, 1.165) is 31.6 Å². The lowest BCUT2D eigenvalue weighted by molar-refractivity contribution is 0.539. The summed E-state index contributed by atoms with van der Waals surface area (Å²) in [6.45, 7) is 9.16. The van der Waals surface area contributed by atoms with Crippen molar-refractivity contribution < 1.29 is 0 Å². The summed E-state index contributed by atoms with van der Waals surface area (Å²) in [4.78, 5) is 2.29. The molecule has 0 saturated carbocycles. The SMILES string of the molecule is CCCNC(c1ccc(N(CC)CC)cc1)C(Cl)(Cl)Cl. The van der Waals surface area contributed by atoms with Crippen LogP contribution in [0.15, 0.2) is 24.3 Å². The third kappa shape index (κ3) is 5.00. The number of anilines is 1. The Balaban J connectivity index is 2.93. The molecule has 0 bridgehead atoms. The van der Waals surface area contributed by atoms with Crippen molar-refractivity contribution in [1.82, 2.24) is 5.32 Å². The minimum atomic E-state index is -1.36. The monoisotopic (exact) mass is 336 g/mol. The summed E-state index contributed by atoms with van der Waals surface area (Å²) in [7, 11) is 0. The first-order valence-electron chi connectivity index (χ1n) is 7.09. The molecular formula is C15H23Cl3N2. The van der Waals surface area contributed by atoms with Crippen LogP contribution in [0.3, 0.4) is 0 Å². The summed E-state index contributed by atoms with van der Waals surface area (Å²) in [5.74, 6) is 0. The van der Waals surface area contributed by atoms with Crippen LogP contribution in [0.4, 0.5) is 5.69 Å². The van der Waals surface area contributed by atoms with Gasteiger partial charge in [0, 0.05) is 18.8 Å². The summed E-state index contributed by atoms with van der Waals surface area (Å²) in [6, 6.07) is 7.93. The fourth-order valence-electron chi connectivity index (χ4n) is 2.18. The molecule has 0 heterocycles. The molecule has 1 aromatic rings. The molecule has 1 aromatic carbocycles. The molecule has 5 heteroatoms. The van der Waals surface area contributed by atoms with E-state index in [1.807, 2.05) is 12.1 Å². The van der Waals surface area contributed by atoms with Crippen molar-refractivity contribution >= 4 is 40.5 Å². The Morgan fingerprint density at radius 3 is 2.00 bits per heavy atom. The summed E-state index contributed by atoms with van der Waals surface area (Å²) in [5.41, 5.74) is 2.19. The van der Waals surface area contributed by atoms with E-state index < -0.39 is 3.79 Å². The average molecular weight is 338 g/mol. The molecule has 0 saturated heterocycles. The molecule has 0 spiro atoms. The van der Waals surface area contributed by atoms with Gasteiger partial charge in [-0.2, -0.15) is 0 Å². The van der Waals surface area contributed by atoms with Gasteiger partial charge in [0.2, 0.25) is 3.79 Å². The van der Waals surface area contributed by atoms with Crippen molar-refractivity contribution in [3.05, 3.63) is 29.8 Å². The lowest BCUT2D eigenvalue weighted by atomic mass is 10.1. The largest absolute Gasteiger partial charge is 0.372 e. The first-order chi connectivity index (χ1) is 9.43. The Bertz CT molecular complexity index is 383. The predicted octanol–water partition coefficient (Wildman–Crippen LogP) is 4.94. The van der Waals surface area contributed by atoms with Gasteiger partial charge in [-0.05, 0) is 44.5 Å². The van der Waals surface area contributed by atoms with Crippen molar-refractivity contribution in [2.75, 3.05) is 24.5 Å². The molecule has 1 atom stereocenters. The van der Waals surface area contributed by atoms with Gasteiger partial charge in [-0.15, -0.1) is 0 Å². The maximum Gasteiger partial charge on any atom is 0.209 e. The second-order valence-corrected chi connectivity index (χ2v) is 7.06. The molecule has 0 aromatic heterocycles. The fourth-order valence-corrected chi connectivity index (χ4v) is 2.79. The predicted molar refractivity (Wildman–Crippen MR) is 91.3 cm³/mol. The van der Waals surface area contributed by atoms with Crippen molar-refractivity contribution in [3.8, 4) is 0 Å². The standard InChI is InChI=1S/C15H23Cl3N2/c1-4-11-19-14(15(16,17)18)12-7-9-13(10-8-12)20(5-2)6-3/h7-10,14,19H,4-6,11H2,1-3H3. The smallest absolute Gasteiger partial charge is 0.209 e. The quantitative estimate of drug-likeness (QED) is 0.709. The van der Waals surface area contributed by atoms with Gasteiger partial charge < -0.3 is 10.2 Å². The summed E-state index contributed by atoms with van der Waals surface area (Å²) in [6.07, 6.45) is 0.995. The van der Waals surface area contributed by atoms with E-state index >= 15 is 0 Å². The van der Waals surface area contributed by atoms with Crippen LogP contribution in [0, 0.1) is 0 Å². The zero-order valence-corrected chi connectivity index (χ0v) is 14.6. The van der Waals surface area contributed by atoms with Gasteiger partial charge in [0.15, 0.2) is 0 Å². The topological polar surface area (TPSA) is 15.3 Å². The second-order valence-electron chi connectivity index (χ2n) is 4.69. The van der Waals surface area contributed by atoms with E-state index in [-0.39, 0.29) is 6.04 Å². The van der Waals surface area contributed by atoms with Gasteiger partial charge in [-0.25, -0.2) is 0 Å². The van der Waals surface area contributed by atoms with Crippen LogP contribution in [0.2, 0.25) is 0 Å². The maximum absolute atomic E-state index is 6.08. The fraction of sp³-hybridized carbons (Fsp3) is 0.600. The van der Waals surface area contributed by atoms with Gasteiger partial charge in [0.1, 0.15) is 0 Å². The summed E-state index contributed by atoms with van der Waals surface area (Å²) < 4.78 is -1.36. The number of hydrogen-bond acceptors (Lipinski definition) is 2. The zero-order chi connectivity index (χ0) is 15.2. The minimum absolute atomic E-state index is 0.293. The Morgan fingerprint density at radius 2 is 1.60 bits per heavy atom. The molecule has 20 heavy (non-hydrogen) atoms. The van der Waals surface area contributed by atoms with Crippen LogP contribution in [0.1, 0.15) is 38.8 Å². The highest BCUT2D eigenvalue weighted by Crippen LogP contribution is 2.40. The first-order valence-corrected chi connectivity index (χ1v) is 8.22. The highest BCUT2D eigenvalue weighted by atomic mass is 35.6. The van der Waals surface area contributed by atoms with Crippen LogP contribution in [-0.4, -0.2) is 23.4 Å². The van der Waals surface area contributed by atoms with Gasteiger partial charge >= 0.3 is 0 Å². The normalized spacial score (nSPS) is 13.3. The van der Waals surface area contributed by atoms with Crippen LogP contribution < -0.4 is 10.2 Å². The van der Waals surface area contributed by atoms with Crippen LogP contribution in [-0.2, 0) is 0 Å². The Hall–Kier alpha value is -0.150. The molecule has 0 aliphatic rings. The number of nitrogens with one attached hydrogen (secondary N) is 1. The lowest BCUT2D eigenvalue weighted by Crippen LogP contribution is -2.32. The van der Waals surface area contributed by atoms with Crippen molar-refractivity contribution in [1.29, 1.82) is 0 Å². The Labute approximate surface area is 137 Å². The third-order valence-electron chi connectivity index (χ3n) is 3.28. The number of benzene rings is 1. The van der Waals surface area contributed by atoms with Gasteiger partial charge in [-0.1, -0.05) is 53.9 Å². The average Bonchev–Trinajstić information content (AvgIpc) is 2.40. The maximum atomic E-state index is 6.08. The zero-order valence-electron chi connectivity index (χ0n) is 12.3. The van der Waals surface area contributed by atoms with Crippen molar-refractivity contribution in [2.24, 2.45) is 0 Å². The van der Waals surface area contributed by atoms with E-state index in [0.29, 0.717) is 0 Å². The molecule has 0 radical (unpaired) electrons. The van der Waals surface area contributed by atoms with E-state index in [2.05, 4.69) is 43.1 Å². The number of hydrogen-bond donors (Lipinski definition) is 1. The minimum Gasteiger partial charge on any atom is -0.372 e. The van der Waals surface area contributed by atoms with Crippen LogP contribution in [0.25, 0.3) is 0 Å². The molecule has 1 unspecified atom stereocenters. The number of rotatable bonds is 7. The summed E-state index contributed by atoms with van der Waals surface area (Å²) >= 11 is 18.3. The molecule has 2 nitrogen and oxygen atoms in total. The number of alkyl halides is 3. The highest BCUT2D eigenvalue weighted by molar-refractivity contribution is 6.68. The first kappa shape index (κ1) is 17.9. The third-order valence-corrected chi connectivity index (χ3v) is 3.94. The van der Waals surface area contributed by atoms with E-state index in [1.165, 1.54) is 5.69 Å². The van der Waals surface area contributed by atoms with Gasteiger partial charge in [-0.3, -0.25) is 0 Å².